The van der Waals surface area contributed by atoms with E-state index in [1.165, 1.54) is 58.3 Å². The Balaban J connectivity index is 1.64. The number of piperazine rings is 1. The quantitative estimate of drug-likeness (QED) is 0.589. The number of aliphatic imine (C=N–C) groups is 1. The topological polar surface area (TPSA) is 56.9 Å². The molecule has 1 heterocycles. The number of hydrogen-bond acceptors (Lipinski definition) is 3. The molecule has 0 aromatic carbocycles. The first-order valence-corrected chi connectivity index (χ1v) is 8.61. The summed E-state index contributed by atoms with van der Waals surface area (Å²) in [6.45, 7) is 8.96. The van der Waals surface area contributed by atoms with Gasteiger partial charge in [-0.3, -0.25) is 4.99 Å². The molecule has 5 nitrogen and oxygen atoms in total. The lowest BCUT2D eigenvalue weighted by atomic mass is 9.96. The predicted molar refractivity (Wildman–Crippen MR) is 89.6 cm³/mol. The van der Waals surface area contributed by atoms with Gasteiger partial charge in [0, 0.05) is 45.3 Å². The van der Waals surface area contributed by atoms with Crippen LogP contribution in [0.1, 0.15) is 39.0 Å². The fourth-order valence-corrected chi connectivity index (χ4v) is 3.28. The molecular weight excluding hydrogens is 262 g/mol. The molecule has 0 spiro atoms. The fraction of sp³-hybridized carbons (Fsp3) is 0.938. The highest BCUT2D eigenvalue weighted by molar-refractivity contribution is 5.78. The summed E-state index contributed by atoms with van der Waals surface area (Å²) in [4.78, 5) is 9.49. The largest absolute Gasteiger partial charge is 0.370 e. The number of nitrogens with zero attached hydrogens (tertiary/aromatic N) is 3. The van der Waals surface area contributed by atoms with Gasteiger partial charge in [-0.2, -0.15) is 0 Å². The van der Waals surface area contributed by atoms with Gasteiger partial charge >= 0.3 is 0 Å². The molecule has 2 fully saturated rings. The average Bonchev–Trinajstić information content (AvgIpc) is 2.49. The Morgan fingerprint density at radius 2 is 1.86 bits per heavy atom. The molecule has 0 aromatic heterocycles. The maximum Gasteiger partial charge on any atom is 0.188 e. The van der Waals surface area contributed by atoms with Crippen molar-refractivity contribution in [1.29, 1.82) is 0 Å². The van der Waals surface area contributed by atoms with Crippen molar-refractivity contribution in [2.45, 2.75) is 45.1 Å². The molecule has 122 valence electrons. The maximum atomic E-state index is 6.02. The van der Waals surface area contributed by atoms with E-state index in [-0.39, 0.29) is 0 Å². The molecule has 1 saturated carbocycles. The van der Waals surface area contributed by atoms with E-state index in [2.05, 4.69) is 34.1 Å². The smallest absolute Gasteiger partial charge is 0.188 e. The van der Waals surface area contributed by atoms with Gasteiger partial charge in [0.1, 0.15) is 0 Å². The zero-order valence-electron chi connectivity index (χ0n) is 13.9. The minimum atomic E-state index is 0.551. The van der Waals surface area contributed by atoms with Crippen LogP contribution in [0.15, 0.2) is 4.99 Å². The lowest BCUT2D eigenvalue weighted by molar-refractivity contribution is 0.140. The molecule has 1 aliphatic carbocycles. The van der Waals surface area contributed by atoms with E-state index in [0.29, 0.717) is 17.9 Å². The molecule has 1 unspecified atom stereocenters. The Bertz CT molecular complexity index is 317. The van der Waals surface area contributed by atoms with Crippen LogP contribution in [0, 0.1) is 5.92 Å². The molecule has 0 bridgehead atoms. The molecule has 1 atom stereocenters. The van der Waals surface area contributed by atoms with Gasteiger partial charge in [-0.05, 0) is 25.8 Å². The van der Waals surface area contributed by atoms with Crippen LogP contribution in [-0.2, 0) is 0 Å². The van der Waals surface area contributed by atoms with Crippen molar-refractivity contribution < 1.29 is 0 Å². The van der Waals surface area contributed by atoms with Gasteiger partial charge < -0.3 is 20.9 Å². The lowest BCUT2D eigenvalue weighted by Crippen LogP contribution is -2.46. The molecule has 2 rings (SSSR count). The molecular formula is C16H33N5. The highest BCUT2D eigenvalue weighted by atomic mass is 15.2. The third-order valence-electron chi connectivity index (χ3n) is 4.70. The Morgan fingerprint density at radius 1 is 1.19 bits per heavy atom. The highest BCUT2D eigenvalue weighted by Gasteiger charge is 2.16. The first-order chi connectivity index (χ1) is 10.1. The van der Waals surface area contributed by atoms with E-state index in [0.717, 1.165) is 13.1 Å². The van der Waals surface area contributed by atoms with Crippen molar-refractivity contribution in [1.82, 2.24) is 15.1 Å². The standard InChI is InChI=1S/C16H33N5/c1-14(13-21-10-8-20(2)9-11-21)12-18-16(17)19-15-6-4-3-5-7-15/h14-15H,3-13H2,1-2H3,(H3,17,18,19). The van der Waals surface area contributed by atoms with Gasteiger partial charge in [-0.1, -0.05) is 26.2 Å². The molecule has 0 amide bonds. The first-order valence-electron chi connectivity index (χ1n) is 8.61. The number of likely N-dealkylation sites (N-methyl/N-ethyl adjacent to an activating group) is 1. The van der Waals surface area contributed by atoms with Crippen molar-refractivity contribution in [2.75, 3.05) is 46.3 Å². The van der Waals surface area contributed by atoms with Crippen molar-refractivity contribution in [3.8, 4) is 0 Å². The molecule has 21 heavy (non-hydrogen) atoms. The fourth-order valence-electron chi connectivity index (χ4n) is 3.28. The minimum Gasteiger partial charge on any atom is -0.370 e. The minimum absolute atomic E-state index is 0.551. The molecule has 2 aliphatic rings. The Hall–Kier alpha value is -0.810. The molecule has 1 aliphatic heterocycles. The van der Waals surface area contributed by atoms with Crippen LogP contribution in [0.2, 0.25) is 0 Å². The van der Waals surface area contributed by atoms with Gasteiger partial charge in [0.15, 0.2) is 5.96 Å². The van der Waals surface area contributed by atoms with E-state index >= 15 is 0 Å². The molecule has 0 radical (unpaired) electrons. The van der Waals surface area contributed by atoms with Crippen molar-refractivity contribution >= 4 is 5.96 Å². The molecule has 0 aromatic rings. The molecule has 1 saturated heterocycles. The second-order valence-electron chi connectivity index (χ2n) is 6.91. The van der Waals surface area contributed by atoms with Gasteiger partial charge in [-0.15, -0.1) is 0 Å². The molecule has 3 N–H and O–H groups in total. The van der Waals surface area contributed by atoms with Gasteiger partial charge in [0.25, 0.3) is 0 Å². The SMILES string of the molecule is CC(CN=C(N)NC1CCCCC1)CN1CCN(C)CC1. The van der Waals surface area contributed by atoms with E-state index in [1.54, 1.807) is 0 Å². The molecule has 5 heteroatoms. The summed E-state index contributed by atoms with van der Waals surface area (Å²) in [6, 6.07) is 0.551. The summed E-state index contributed by atoms with van der Waals surface area (Å²) >= 11 is 0. The normalized spacial score (nSPS) is 25.0. The summed E-state index contributed by atoms with van der Waals surface area (Å²) < 4.78 is 0. The number of nitrogens with two attached hydrogens (primary N) is 1. The lowest BCUT2D eigenvalue weighted by Gasteiger charge is -2.33. The van der Waals surface area contributed by atoms with Crippen molar-refractivity contribution in [2.24, 2.45) is 16.6 Å². The van der Waals surface area contributed by atoms with Crippen LogP contribution in [0.5, 0.6) is 0 Å². The van der Waals surface area contributed by atoms with Crippen LogP contribution in [0.25, 0.3) is 0 Å². The summed E-state index contributed by atoms with van der Waals surface area (Å²) in [6.07, 6.45) is 6.51. The summed E-state index contributed by atoms with van der Waals surface area (Å²) in [7, 11) is 2.20. The zero-order valence-corrected chi connectivity index (χ0v) is 13.9. The number of rotatable bonds is 5. The highest BCUT2D eigenvalue weighted by Crippen LogP contribution is 2.17. The predicted octanol–water partition coefficient (Wildman–Crippen LogP) is 1.11. The third-order valence-corrected chi connectivity index (χ3v) is 4.70. The van der Waals surface area contributed by atoms with E-state index in [9.17, 15) is 0 Å². The van der Waals surface area contributed by atoms with E-state index in [4.69, 9.17) is 5.73 Å². The van der Waals surface area contributed by atoms with Crippen LogP contribution in [-0.4, -0.2) is 68.1 Å². The Labute approximate surface area is 130 Å². The summed E-state index contributed by atoms with van der Waals surface area (Å²) in [5.41, 5.74) is 6.02. The number of guanidine groups is 1. The number of nitrogens with one attached hydrogen (secondary N) is 1. The van der Waals surface area contributed by atoms with Crippen LogP contribution < -0.4 is 11.1 Å². The summed E-state index contributed by atoms with van der Waals surface area (Å²) in [5.74, 6) is 1.22. The van der Waals surface area contributed by atoms with Crippen LogP contribution in [0.3, 0.4) is 0 Å². The summed E-state index contributed by atoms with van der Waals surface area (Å²) in [5, 5.41) is 3.39. The van der Waals surface area contributed by atoms with E-state index in [1.807, 2.05) is 0 Å². The number of hydrogen-bond donors (Lipinski definition) is 2. The van der Waals surface area contributed by atoms with Crippen molar-refractivity contribution in [3.63, 3.8) is 0 Å². The van der Waals surface area contributed by atoms with Gasteiger partial charge in [0.2, 0.25) is 0 Å². The first kappa shape index (κ1) is 16.6. The van der Waals surface area contributed by atoms with Crippen LogP contribution in [0.4, 0.5) is 0 Å². The second-order valence-corrected chi connectivity index (χ2v) is 6.91. The Kier molecular flexibility index (Phi) is 6.77. The maximum absolute atomic E-state index is 6.02. The van der Waals surface area contributed by atoms with E-state index < -0.39 is 0 Å². The van der Waals surface area contributed by atoms with Crippen LogP contribution >= 0.6 is 0 Å². The zero-order chi connectivity index (χ0) is 15.1. The van der Waals surface area contributed by atoms with Crippen molar-refractivity contribution in [3.05, 3.63) is 0 Å². The Morgan fingerprint density at radius 3 is 2.52 bits per heavy atom. The monoisotopic (exact) mass is 295 g/mol. The third kappa shape index (κ3) is 6.22. The average molecular weight is 295 g/mol. The van der Waals surface area contributed by atoms with Gasteiger partial charge in [0.05, 0.1) is 0 Å². The van der Waals surface area contributed by atoms with Gasteiger partial charge in [-0.25, -0.2) is 0 Å². The second kappa shape index (κ2) is 8.59.